The van der Waals surface area contributed by atoms with Gasteiger partial charge in [-0.05, 0) is 88.7 Å². The SMILES string of the molecule is COc1ccc(-c2sc(NC(C)(C)C3CCOCC3)nc2C)cc1S(=O)(=O)NC1CCNCC1C. The van der Waals surface area contributed by atoms with Crippen LogP contribution in [0.5, 0.6) is 5.75 Å². The number of nitrogens with one attached hydrogen (secondary N) is 3. The van der Waals surface area contributed by atoms with Gasteiger partial charge in [0.25, 0.3) is 0 Å². The van der Waals surface area contributed by atoms with E-state index in [1.54, 1.807) is 23.5 Å². The summed E-state index contributed by atoms with van der Waals surface area (Å²) < 4.78 is 40.7. The van der Waals surface area contributed by atoms with Gasteiger partial charge in [0.15, 0.2) is 5.13 Å². The molecule has 2 unspecified atom stereocenters. The second kappa shape index (κ2) is 10.7. The number of nitrogens with zero attached hydrogens (tertiary/aromatic N) is 1. The fourth-order valence-electron chi connectivity index (χ4n) is 4.99. The molecule has 3 heterocycles. The van der Waals surface area contributed by atoms with Crippen molar-refractivity contribution in [2.24, 2.45) is 11.8 Å². The molecule has 2 aliphatic rings. The van der Waals surface area contributed by atoms with Crippen LogP contribution in [0.2, 0.25) is 0 Å². The van der Waals surface area contributed by atoms with Crippen LogP contribution in [0.4, 0.5) is 5.13 Å². The number of aryl methyl sites for hydroxylation is 1. The number of sulfonamides is 1. The number of methoxy groups -OCH3 is 1. The van der Waals surface area contributed by atoms with Crippen LogP contribution >= 0.6 is 11.3 Å². The minimum Gasteiger partial charge on any atom is -0.495 e. The molecule has 2 atom stereocenters. The zero-order valence-electron chi connectivity index (χ0n) is 21.3. The molecule has 2 aliphatic heterocycles. The monoisotopic (exact) mass is 522 g/mol. The summed E-state index contributed by atoms with van der Waals surface area (Å²) in [6.07, 6.45) is 2.81. The number of aromatic nitrogens is 1. The average Bonchev–Trinajstić information content (AvgIpc) is 3.19. The van der Waals surface area contributed by atoms with Gasteiger partial charge in [-0.15, -0.1) is 0 Å². The predicted octanol–water partition coefficient (Wildman–Crippen LogP) is 4.02. The second-order valence-corrected chi connectivity index (χ2v) is 12.9. The van der Waals surface area contributed by atoms with E-state index in [1.165, 1.54) is 7.11 Å². The number of piperidine rings is 1. The largest absolute Gasteiger partial charge is 0.495 e. The Bertz CT molecular complexity index is 1130. The number of benzene rings is 1. The number of hydrogen-bond acceptors (Lipinski definition) is 8. The van der Waals surface area contributed by atoms with Crippen LogP contribution in [0, 0.1) is 18.8 Å². The molecule has 194 valence electrons. The summed E-state index contributed by atoms with van der Waals surface area (Å²) >= 11 is 1.55. The molecule has 8 nitrogen and oxygen atoms in total. The van der Waals surface area contributed by atoms with Crippen molar-refractivity contribution in [3.8, 4) is 16.2 Å². The van der Waals surface area contributed by atoms with Gasteiger partial charge in [-0.2, -0.15) is 0 Å². The van der Waals surface area contributed by atoms with Crippen molar-refractivity contribution in [2.45, 2.75) is 63.4 Å². The van der Waals surface area contributed by atoms with Crippen LogP contribution in [-0.4, -0.2) is 58.4 Å². The Kier molecular flexibility index (Phi) is 8.07. The highest BCUT2D eigenvalue weighted by molar-refractivity contribution is 7.89. The lowest BCUT2D eigenvalue weighted by Crippen LogP contribution is -2.48. The van der Waals surface area contributed by atoms with E-state index in [4.69, 9.17) is 14.5 Å². The van der Waals surface area contributed by atoms with Gasteiger partial charge in [-0.1, -0.05) is 18.3 Å². The first-order valence-electron chi connectivity index (χ1n) is 12.4. The molecule has 1 aromatic heterocycles. The number of rotatable bonds is 8. The van der Waals surface area contributed by atoms with Crippen LogP contribution in [0.3, 0.4) is 0 Å². The first-order chi connectivity index (χ1) is 16.6. The summed E-state index contributed by atoms with van der Waals surface area (Å²) in [6, 6.07) is 5.23. The van der Waals surface area contributed by atoms with Gasteiger partial charge >= 0.3 is 0 Å². The minimum atomic E-state index is -3.76. The highest BCUT2D eigenvalue weighted by atomic mass is 32.2. The summed E-state index contributed by atoms with van der Waals surface area (Å²) in [5.74, 6) is 1.05. The lowest BCUT2D eigenvalue weighted by molar-refractivity contribution is 0.0491. The molecular weight excluding hydrogens is 484 g/mol. The fourth-order valence-corrected chi connectivity index (χ4v) is 7.70. The summed E-state index contributed by atoms with van der Waals surface area (Å²) in [7, 11) is -2.26. The molecule has 3 N–H and O–H groups in total. The third kappa shape index (κ3) is 5.99. The molecule has 0 saturated carbocycles. The lowest BCUT2D eigenvalue weighted by atomic mass is 9.82. The minimum absolute atomic E-state index is 0.108. The quantitative estimate of drug-likeness (QED) is 0.481. The molecule has 1 aromatic carbocycles. The zero-order valence-corrected chi connectivity index (χ0v) is 22.9. The van der Waals surface area contributed by atoms with Crippen LogP contribution in [0.25, 0.3) is 10.4 Å². The van der Waals surface area contributed by atoms with Crippen molar-refractivity contribution in [1.29, 1.82) is 0 Å². The second-order valence-electron chi connectivity index (χ2n) is 10.2. The predicted molar refractivity (Wildman–Crippen MR) is 141 cm³/mol. The van der Waals surface area contributed by atoms with Gasteiger partial charge in [0, 0.05) is 24.8 Å². The lowest BCUT2D eigenvalue weighted by Gasteiger charge is -2.37. The van der Waals surface area contributed by atoms with Gasteiger partial charge in [0.2, 0.25) is 10.0 Å². The first kappa shape index (κ1) is 26.3. The van der Waals surface area contributed by atoms with E-state index in [9.17, 15) is 8.42 Å². The average molecular weight is 523 g/mol. The van der Waals surface area contributed by atoms with Gasteiger partial charge in [0.1, 0.15) is 10.6 Å². The van der Waals surface area contributed by atoms with Crippen molar-refractivity contribution in [1.82, 2.24) is 15.0 Å². The molecule has 0 bridgehead atoms. The zero-order chi connectivity index (χ0) is 25.2. The van der Waals surface area contributed by atoms with Gasteiger partial charge in [-0.25, -0.2) is 18.1 Å². The Morgan fingerprint density at radius 1 is 1.23 bits per heavy atom. The molecule has 0 aliphatic carbocycles. The van der Waals surface area contributed by atoms with E-state index in [1.807, 2.05) is 13.0 Å². The summed E-state index contributed by atoms with van der Waals surface area (Å²) in [4.78, 5) is 5.89. The molecule has 2 saturated heterocycles. The Labute approximate surface area is 213 Å². The Balaban J connectivity index is 1.60. The van der Waals surface area contributed by atoms with E-state index in [-0.39, 0.29) is 22.4 Å². The van der Waals surface area contributed by atoms with Crippen LogP contribution in [-0.2, 0) is 14.8 Å². The molecule has 0 radical (unpaired) electrons. The molecule has 0 amide bonds. The molecular formula is C25H38N4O4S2. The van der Waals surface area contributed by atoms with Crippen molar-refractivity contribution >= 4 is 26.5 Å². The molecule has 2 aromatic rings. The fraction of sp³-hybridized carbons (Fsp3) is 0.640. The van der Waals surface area contributed by atoms with E-state index in [0.717, 1.165) is 66.8 Å². The van der Waals surface area contributed by atoms with E-state index in [2.05, 4.69) is 36.1 Å². The number of hydrogen-bond donors (Lipinski definition) is 3. The number of thiazole rings is 1. The highest BCUT2D eigenvalue weighted by Crippen LogP contribution is 2.39. The normalized spacial score (nSPS) is 22.2. The molecule has 10 heteroatoms. The third-order valence-corrected chi connectivity index (χ3v) is 9.91. The smallest absolute Gasteiger partial charge is 0.244 e. The van der Waals surface area contributed by atoms with Gasteiger partial charge < -0.3 is 20.1 Å². The Hall–Kier alpha value is -1.72. The third-order valence-electron chi connectivity index (χ3n) is 7.27. The van der Waals surface area contributed by atoms with Gasteiger partial charge in [-0.3, -0.25) is 0 Å². The Morgan fingerprint density at radius 2 is 1.97 bits per heavy atom. The van der Waals surface area contributed by atoms with E-state index < -0.39 is 10.0 Å². The van der Waals surface area contributed by atoms with Crippen molar-refractivity contribution in [3.05, 3.63) is 23.9 Å². The van der Waals surface area contributed by atoms with E-state index in [0.29, 0.717) is 11.7 Å². The highest BCUT2D eigenvalue weighted by Gasteiger charge is 2.32. The van der Waals surface area contributed by atoms with Crippen molar-refractivity contribution in [3.63, 3.8) is 0 Å². The van der Waals surface area contributed by atoms with Crippen LogP contribution in [0.15, 0.2) is 23.1 Å². The Morgan fingerprint density at radius 3 is 2.66 bits per heavy atom. The van der Waals surface area contributed by atoms with Crippen LogP contribution < -0.4 is 20.1 Å². The maximum Gasteiger partial charge on any atom is 0.244 e. The maximum atomic E-state index is 13.4. The summed E-state index contributed by atoms with van der Waals surface area (Å²) in [5, 5.41) is 7.79. The molecule has 2 fully saturated rings. The summed E-state index contributed by atoms with van der Waals surface area (Å²) in [6.45, 7) is 11.6. The maximum absolute atomic E-state index is 13.4. The molecule has 4 rings (SSSR count). The number of anilines is 1. The van der Waals surface area contributed by atoms with Crippen molar-refractivity contribution in [2.75, 3.05) is 38.7 Å². The van der Waals surface area contributed by atoms with Crippen molar-refractivity contribution < 1.29 is 17.9 Å². The van der Waals surface area contributed by atoms with E-state index >= 15 is 0 Å². The first-order valence-corrected chi connectivity index (χ1v) is 14.7. The van der Waals surface area contributed by atoms with Gasteiger partial charge in [0.05, 0.1) is 17.7 Å². The molecule has 0 spiro atoms. The standard InChI is InChI=1S/C25H38N4O4S2/c1-16-15-26-11-8-20(16)29-35(30,31)22-14-18(6-7-21(22)32-5)23-17(2)27-24(34-23)28-25(3,4)19-9-12-33-13-10-19/h6-7,14,16,19-20,26,29H,8-13,15H2,1-5H3,(H,27,28). The topological polar surface area (TPSA) is 102 Å². The molecule has 35 heavy (non-hydrogen) atoms. The number of ether oxygens (including phenoxy) is 2. The summed E-state index contributed by atoms with van der Waals surface area (Å²) in [5.41, 5.74) is 1.57. The van der Waals surface area contributed by atoms with Crippen LogP contribution in [0.1, 0.15) is 45.7 Å².